The first-order valence-electron chi connectivity index (χ1n) is 8.30. The summed E-state index contributed by atoms with van der Waals surface area (Å²) in [4.78, 5) is 2.58. The molecule has 0 radical (unpaired) electrons. The van der Waals surface area contributed by atoms with Gasteiger partial charge in [0.25, 0.3) is 0 Å². The van der Waals surface area contributed by atoms with E-state index in [2.05, 4.69) is 68.1 Å². The largest absolute Gasteiger partial charge is 0.292 e. The van der Waals surface area contributed by atoms with Crippen molar-refractivity contribution in [2.45, 2.75) is 33.4 Å². The highest BCUT2D eigenvalue weighted by Gasteiger charge is 2.29. The molecule has 1 aliphatic heterocycles. The van der Waals surface area contributed by atoms with Crippen LogP contribution in [-0.2, 0) is 6.54 Å². The summed E-state index contributed by atoms with van der Waals surface area (Å²) in [5.41, 5.74) is 5.62. The highest BCUT2D eigenvalue weighted by molar-refractivity contribution is 6.30. The topological polar surface area (TPSA) is 3.24 Å². The maximum absolute atomic E-state index is 6.05. The van der Waals surface area contributed by atoms with E-state index in [9.17, 15) is 0 Å². The summed E-state index contributed by atoms with van der Waals surface area (Å²) in [5.74, 6) is 0.554. The fourth-order valence-electron chi connectivity index (χ4n) is 3.41. The lowest BCUT2D eigenvalue weighted by atomic mass is 9.83. The van der Waals surface area contributed by atoms with Crippen LogP contribution in [0.2, 0.25) is 5.02 Å². The van der Waals surface area contributed by atoms with Gasteiger partial charge in [0.05, 0.1) is 0 Å². The van der Waals surface area contributed by atoms with Gasteiger partial charge < -0.3 is 0 Å². The Balaban J connectivity index is 1.89. The molecule has 0 saturated heterocycles. The Morgan fingerprint density at radius 3 is 2.30 bits per heavy atom. The van der Waals surface area contributed by atoms with E-state index in [1.165, 1.54) is 22.3 Å². The molecule has 120 valence electrons. The summed E-state index contributed by atoms with van der Waals surface area (Å²) in [6.45, 7) is 8.96. The van der Waals surface area contributed by atoms with Gasteiger partial charge in [-0.05, 0) is 48.6 Å². The molecule has 23 heavy (non-hydrogen) atoms. The third kappa shape index (κ3) is 3.52. The molecule has 0 spiro atoms. The first-order chi connectivity index (χ1) is 11.1. The van der Waals surface area contributed by atoms with Crippen molar-refractivity contribution in [3.63, 3.8) is 0 Å². The molecule has 2 aromatic rings. The second kappa shape index (κ2) is 6.90. The third-order valence-corrected chi connectivity index (χ3v) is 5.49. The summed E-state index contributed by atoms with van der Waals surface area (Å²) in [6.07, 6.45) is 0. The lowest BCUT2D eigenvalue weighted by Crippen LogP contribution is -2.42. The molecule has 3 rings (SSSR count). The van der Waals surface area contributed by atoms with Crippen molar-refractivity contribution in [2.75, 3.05) is 6.54 Å². The number of hydrogen-bond donors (Lipinski definition) is 0. The van der Waals surface area contributed by atoms with E-state index in [-0.39, 0.29) is 0 Å². The highest BCUT2D eigenvalue weighted by atomic mass is 35.5. The fourth-order valence-corrected chi connectivity index (χ4v) is 3.54. The van der Waals surface area contributed by atoms with E-state index < -0.39 is 0 Å². The predicted molar refractivity (Wildman–Crippen MR) is 99.5 cm³/mol. The molecular weight excluding hydrogens is 302 g/mol. The molecule has 0 aliphatic carbocycles. The van der Waals surface area contributed by atoms with E-state index >= 15 is 0 Å². The van der Waals surface area contributed by atoms with Crippen LogP contribution in [0.25, 0.3) is 5.57 Å². The average molecular weight is 326 g/mol. The molecule has 1 aliphatic rings. The SMILES string of the molecule is CC1=C(c2ccc(Cl)cc2)CN(Cc2ccccc2)[C@@H](C)[C@H]1C. The summed E-state index contributed by atoms with van der Waals surface area (Å²) in [5, 5.41) is 0.797. The molecule has 0 bridgehead atoms. The minimum absolute atomic E-state index is 0.547. The second-order valence-corrected chi connectivity index (χ2v) is 7.02. The maximum Gasteiger partial charge on any atom is 0.0406 e. The fraction of sp³-hybridized carbons (Fsp3) is 0.333. The molecule has 0 amide bonds. The van der Waals surface area contributed by atoms with Crippen LogP contribution in [0.1, 0.15) is 31.9 Å². The Hall–Kier alpha value is -1.57. The molecule has 1 heterocycles. The first-order valence-corrected chi connectivity index (χ1v) is 8.67. The molecule has 0 unspecified atom stereocenters. The zero-order valence-corrected chi connectivity index (χ0v) is 14.8. The third-order valence-electron chi connectivity index (χ3n) is 5.24. The Labute approximate surface area is 144 Å². The Morgan fingerprint density at radius 2 is 1.65 bits per heavy atom. The second-order valence-electron chi connectivity index (χ2n) is 6.59. The number of halogens is 1. The van der Waals surface area contributed by atoms with Gasteiger partial charge >= 0.3 is 0 Å². The van der Waals surface area contributed by atoms with Crippen LogP contribution < -0.4 is 0 Å². The van der Waals surface area contributed by atoms with Crippen LogP contribution in [0.15, 0.2) is 60.2 Å². The van der Waals surface area contributed by atoms with Gasteiger partial charge in [-0.2, -0.15) is 0 Å². The van der Waals surface area contributed by atoms with E-state index in [0.29, 0.717) is 12.0 Å². The summed E-state index contributed by atoms with van der Waals surface area (Å²) in [7, 11) is 0. The highest BCUT2D eigenvalue weighted by Crippen LogP contribution is 2.34. The van der Waals surface area contributed by atoms with Crippen LogP contribution in [0.3, 0.4) is 0 Å². The van der Waals surface area contributed by atoms with Gasteiger partial charge in [-0.15, -0.1) is 0 Å². The molecular formula is C21H24ClN. The van der Waals surface area contributed by atoms with Crippen LogP contribution >= 0.6 is 11.6 Å². The summed E-state index contributed by atoms with van der Waals surface area (Å²) >= 11 is 6.05. The molecule has 2 atom stereocenters. The quantitative estimate of drug-likeness (QED) is 0.704. The van der Waals surface area contributed by atoms with Crippen molar-refractivity contribution >= 4 is 17.2 Å². The molecule has 0 fully saturated rings. The van der Waals surface area contributed by atoms with Crippen molar-refractivity contribution in [3.8, 4) is 0 Å². The smallest absolute Gasteiger partial charge is 0.0406 e. The number of hydrogen-bond acceptors (Lipinski definition) is 1. The van der Waals surface area contributed by atoms with E-state index in [0.717, 1.165) is 18.1 Å². The first kappa shape index (κ1) is 16.3. The van der Waals surface area contributed by atoms with Crippen molar-refractivity contribution < 1.29 is 0 Å². The van der Waals surface area contributed by atoms with Gasteiger partial charge in [0.1, 0.15) is 0 Å². The zero-order valence-electron chi connectivity index (χ0n) is 14.1. The van der Waals surface area contributed by atoms with Crippen LogP contribution in [0.4, 0.5) is 0 Å². The molecule has 2 aromatic carbocycles. The maximum atomic E-state index is 6.05. The van der Waals surface area contributed by atoms with Gasteiger partial charge in [0.2, 0.25) is 0 Å². The Bertz CT molecular complexity index is 688. The van der Waals surface area contributed by atoms with Crippen molar-refractivity contribution in [1.82, 2.24) is 4.90 Å². The summed E-state index contributed by atoms with van der Waals surface area (Å²) < 4.78 is 0. The zero-order chi connectivity index (χ0) is 16.4. The lowest BCUT2D eigenvalue weighted by Gasteiger charge is -2.40. The van der Waals surface area contributed by atoms with Crippen LogP contribution in [0.5, 0.6) is 0 Å². The minimum atomic E-state index is 0.547. The summed E-state index contributed by atoms with van der Waals surface area (Å²) in [6, 6.07) is 19.6. The van der Waals surface area contributed by atoms with Crippen LogP contribution in [-0.4, -0.2) is 17.5 Å². The monoisotopic (exact) mass is 325 g/mol. The van der Waals surface area contributed by atoms with Gasteiger partial charge in [0, 0.05) is 24.2 Å². The average Bonchev–Trinajstić information content (AvgIpc) is 2.57. The van der Waals surface area contributed by atoms with Crippen molar-refractivity contribution in [3.05, 3.63) is 76.3 Å². The minimum Gasteiger partial charge on any atom is -0.292 e. The van der Waals surface area contributed by atoms with Gasteiger partial charge in [-0.25, -0.2) is 0 Å². The standard InChI is InChI=1S/C21H24ClN/c1-15-16(2)21(19-9-11-20(22)12-10-19)14-23(17(15)3)13-18-7-5-4-6-8-18/h4-12,15,17H,13-14H2,1-3H3/t15-,17-/m0/s1. The molecule has 0 aromatic heterocycles. The van der Waals surface area contributed by atoms with E-state index in [4.69, 9.17) is 11.6 Å². The van der Waals surface area contributed by atoms with Crippen LogP contribution in [0, 0.1) is 5.92 Å². The molecule has 0 N–H and O–H groups in total. The Morgan fingerprint density at radius 1 is 1.00 bits per heavy atom. The van der Waals surface area contributed by atoms with E-state index in [1.54, 1.807) is 0 Å². The molecule has 1 nitrogen and oxygen atoms in total. The van der Waals surface area contributed by atoms with E-state index in [1.807, 2.05) is 12.1 Å². The van der Waals surface area contributed by atoms with Gasteiger partial charge in [-0.1, -0.05) is 66.6 Å². The Kier molecular flexibility index (Phi) is 4.89. The molecule has 2 heteroatoms. The van der Waals surface area contributed by atoms with Gasteiger partial charge in [0.15, 0.2) is 0 Å². The predicted octanol–water partition coefficient (Wildman–Crippen LogP) is 5.65. The van der Waals surface area contributed by atoms with Crippen molar-refractivity contribution in [2.24, 2.45) is 5.92 Å². The number of benzene rings is 2. The molecule has 0 saturated carbocycles. The number of rotatable bonds is 3. The van der Waals surface area contributed by atoms with Gasteiger partial charge in [-0.3, -0.25) is 4.90 Å². The lowest BCUT2D eigenvalue weighted by molar-refractivity contribution is 0.176. The normalized spacial score (nSPS) is 22.4. The van der Waals surface area contributed by atoms with Crippen molar-refractivity contribution in [1.29, 1.82) is 0 Å². The number of nitrogens with zero attached hydrogens (tertiary/aromatic N) is 1.